The molecule has 100 valence electrons. The van der Waals surface area contributed by atoms with Gasteiger partial charge in [0.15, 0.2) is 5.58 Å². The van der Waals surface area contributed by atoms with Crippen molar-refractivity contribution < 1.29 is 9.21 Å². The Morgan fingerprint density at radius 3 is 3.05 bits per heavy atom. The van der Waals surface area contributed by atoms with E-state index < -0.39 is 0 Å². The van der Waals surface area contributed by atoms with Crippen LogP contribution < -0.4 is 5.73 Å². The number of nitrogens with two attached hydrogens (primary N) is 1. The second-order valence-corrected chi connectivity index (χ2v) is 4.96. The van der Waals surface area contributed by atoms with Crippen LogP contribution in [0.25, 0.3) is 11.1 Å². The van der Waals surface area contributed by atoms with Crippen LogP contribution in [0.3, 0.4) is 0 Å². The van der Waals surface area contributed by atoms with Gasteiger partial charge in [0.25, 0.3) is 0 Å². The fourth-order valence-electron chi connectivity index (χ4n) is 2.66. The molecule has 1 atom stereocenters. The number of aromatic nitrogens is 1. The highest BCUT2D eigenvalue weighted by molar-refractivity contribution is 5.80. The van der Waals surface area contributed by atoms with E-state index in [9.17, 15) is 4.79 Å². The number of hydrogen-bond acceptors (Lipinski definition) is 4. The number of carbonyl (C=O) groups excluding carboxylic acids is 1. The van der Waals surface area contributed by atoms with Crippen molar-refractivity contribution in [1.82, 2.24) is 9.88 Å². The minimum atomic E-state index is -0.254. The molecule has 0 spiro atoms. The van der Waals surface area contributed by atoms with E-state index in [-0.39, 0.29) is 11.9 Å². The van der Waals surface area contributed by atoms with Crippen LogP contribution in [0.1, 0.15) is 25.2 Å². The minimum absolute atomic E-state index is 0.191. The molecule has 2 N–H and O–H groups in total. The average Bonchev–Trinajstić information content (AvgIpc) is 2.81. The fourth-order valence-corrected chi connectivity index (χ4v) is 2.66. The Kier molecular flexibility index (Phi) is 3.21. The maximum Gasteiger partial charge on any atom is 0.234 e. The lowest BCUT2D eigenvalue weighted by Gasteiger charge is -2.32. The van der Waals surface area contributed by atoms with Crippen LogP contribution in [0.5, 0.6) is 0 Å². The molecule has 0 saturated carbocycles. The van der Waals surface area contributed by atoms with Gasteiger partial charge in [0.1, 0.15) is 5.52 Å². The SMILES string of the molecule is NC(=O)[C@H]1CCCCN1Cc1nc2ccccc2o1. The van der Waals surface area contributed by atoms with Gasteiger partial charge in [-0.25, -0.2) is 4.98 Å². The highest BCUT2D eigenvalue weighted by Crippen LogP contribution is 2.21. The molecule has 3 rings (SSSR count). The first-order valence-electron chi connectivity index (χ1n) is 6.62. The van der Waals surface area contributed by atoms with Gasteiger partial charge < -0.3 is 10.2 Å². The summed E-state index contributed by atoms with van der Waals surface area (Å²) in [5.74, 6) is 0.394. The Morgan fingerprint density at radius 1 is 1.42 bits per heavy atom. The monoisotopic (exact) mass is 259 g/mol. The first-order valence-corrected chi connectivity index (χ1v) is 6.62. The number of fused-ring (bicyclic) bond motifs is 1. The van der Waals surface area contributed by atoms with Crippen molar-refractivity contribution in [2.45, 2.75) is 31.8 Å². The number of amides is 1. The van der Waals surface area contributed by atoms with Crippen molar-refractivity contribution in [3.63, 3.8) is 0 Å². The van der Waals surface area contributed by atoms with Crippen LogP contribution in [0, 0.1) is 0 Å². The van der Waals surface area contributed by atoms with Gasteiger partial charge in [0.05, 0.1) is 12.6 Å². The number of nitrogens with zero attached hydrogens (tertiary/aromatic N) is 2. The van der Waals surface area contributed by atoms with Gasteiger partial charge in [-0.3, -0.25) is 9.69 Å². The van der Waals surface area contributed by atoms with Crippen molar-refractivity contribution in [3.05, 3.63) is 30.2 Å². The molecule has 1 aromatic carbocycles. The standard InChI is InChI=1S/C14H17N3O2/c15-14(18)11-6-3-4-8-17(11)9-13-16-10-5-1-2-7-12(10)19-13/h1-2,5,7,11H,3-4,6,8-9H2,(H2,15,18)/t11-/m1/s1. The molecule has 5 nitrogen and oxygen atoms in total. The molecule has 1 aliphatic heterocycles. The zero-order valence-electron chi connectivity index (χ0n) is 10.7. The summed E-state index contributed by atoms with van der Waals surface area (Å²) in [6.07, 6.45) is 2.97. The number of para-hydroxylation sites is 2. The highest BCUT2D eigenvalue weighted by Gasteiger charge is 2.27. The van der Waals surface area contributed by atoms with Gasteiger partial charge in [-0.05, 0) is 31.5 Å². The molecule has 0 radical (unpaired) electrons. The molecule has 19 heavy (non-hydrogen) atoms. The molecule has 0 aliphatic carbocycles. The number of piperidine rings is 1. The van der Waals surface area contributed by atoms with Crippen LogP contribution in [0.2, 0.25) is 0 Å². The largest absolute Gasteiger partial charge is 0.439 e. The first kappa shape index (κ1) is 12.2. The predicted molar refractivity (Wildman–Crippen MR) is 71.3 cm³/mol. The smallest absolute Gasteiger partial charge is 0.234 e. The van der Waals surface area contributed by atoms with Crippen molar-refractivity contribution in [3.8, 4) is 0 Å². The van der Waals surface area contributed by atoms with E-state index in [1.54, 1.807) is 0 Å². The Hall–Kier alpha value is -1.88. The number of rotatable bonds is 3. The van der Waals surface area contributed by atoms with E-state index in [2.05, 4.69) is 9.88 Å². The Morgan fingerprint density at radius 2 is 2.26 bits per heavy atom. The van der Waals surface area contributed by atoms with Crippen LogP contribution in [0.15, 0.2) is 28.7 Å². The third kappa shape index (κ3) is 2.46. The van der Waals surface area contributed by atoms with Gasteiger partial charge in [0, 0.05) is 0 Å². The third-order valence-electron chi connectivity index (χ3n) is 3.62. The Labute approximate surface area is 111 Å². The summed E-state index contributed by atoms with van der Waals surface area (Å²) >= 11 is 0. The summed E-state index contributed by atoms with van der Waals surface area (Å²) in [4.78, 5) is 18.0. The van der Waals surface area contributed by atoms with Gasteiger partial charge in [-0.1, -0.05) is 18.6 Å². The molecular weight excluding hydrogens is 242 g/mol. The zero-order valence-corrected chi connectivity index (χ0v) is 10.7. The van der Waals surface area contributed by atoms with E-state index in [4.69, 9.17) is 10.2 Å². The third-order valence-corrected chi connectivity index (χ3v) is 3.62. The van der Waals surface area contributed by atoms with E-state index in [1.807, 2.05) is 24.3 Å². The number of benzene rings is 1. The van der Waals surface area contributed by atoms with Crippen LogP contribution in [-0.2, 0) is 11.3 Å². The summed E-state index contributed by atoms with van der Waals surface area (Å²) in [5, 5.41) is 0. The summed E-state index contributed by atoms with van der Waals surface area (Å²) in [7, 11) is 0. The van der Waals surface area contributed by atoms with Crippen molar-refractivity contribution in [2.24, 2.45) is 5.73 Å². The second kappa shape index (κ2) is 5.01. The highest BCUT2D eigenvalue weighted by atomic mass is 16.3. The molecule has 1 amide bonds. The summed E-state index contributed by atoms with van der Waals surface area (Å²) in [6, 6.07) is 7.48. The molecular formula is C14H17N3O2. The first-order chi connectivity index (χ1) is 9.24. The fraction of sp³-hybridized carbons (Fsp3) is 0.429. The number of likely N-dealkylation sites (tertiary alicyclic amines) is 1. The van der Waals surface area contributed by atoms with Crippen LogP contribution >= 0.6 is 0 Å². The lowest BCUT2D eigenvalue weighted by atomic mass is 10.0. The number of carbonyl (C=O) groups is 1. The van der Waals surface area contributed by atoms with Gasteiger partial charge in [0.2, 0.25) is 11.8 Å². The normalized spacial score (nSPS) is 20.7. The molecule has 0 unspecified atom stereocenters. The lowest BCUT2D eigenvalue weighted by molar-refractivity contribution is -0.124. The average molecular weight is 259 g/mol. The summed E-state index contributed by atoms with van der Waals surface area (Å²) in [5.41, 5.74) is 7.09. The number of primary amides is 1. The molecule has 2 aromatic rings. The summed E-state index contributed by atoms with van der Waals surface area (Å²) < 4.78 is 5.69. The van der Waals surface area contributed by atoms with Crippen LogP contribution in [-0.4, -0.2) is 28.4 Å². The van der Waals surface area contributed by atoms with Crippen LogP contribution in [0.4, 0.5) is 0 Å². The van der Waals surface area contributed by atoms with E-state index in [0.29, 0.717) is 12.4 Å². The van der Waals surface area contributed by atoms with Crippen molar-refractivity contribution >= 4 is 17.0 Å². The minimum Gasteiger partial charge on any atom is -0.439 e. The molecule has 0 bridgehead atoms. The second-order valence-electron chi connectivity index (χ2n) is 4.96. The molecule has 1 aliphatic rings. The molecule has 5 heteroatoms. The molecule has 1 aromatic heterocycles. The maximum absolute atomic E-state index is 11.5. The molecule has 1 fully saturated rings. The van der Waals surface area contributed by atoms with Gasteiger partial charge in [-0.15, -0.1) is 0 Å². The van der Waals surface area contributed by atoms with Crippen molar-refractivity contribution in [2.75, 3.05) is 6.54 Å². The predicted octanol–water partition coefficient (Wildman–Crippen LogP) is 1.67. The summed E-state index contributed by atoms with van der Waals surface area (Å²) in [6.45, 7) is 1.41. The van der Waals surface area contributed by atoms with Gasteiger partial charge in [-0.2, -0.15) is 0 Å². The Balaban J connectivity index is 1.80. The molecule has 2 heterocycles. The Bertz CT molecular complexity index is 560. The van der Waals surface area contributed by atoms with E-state index in [0.717, 1.165) is 36.9 Å². The van der Waals surface area contributed by atoms with E-state index >= 15 is 0 Å². The zero-order chi connectivity index (χ0) is 13.2. The van der Waals surface area contributed by atoms with Gasteiger partial charge >= 0.3 is 0 Å². The topological polar surface area (TPSA) is 72.4 Å². The quantitative estimate of drug-likeness (QED) is 0.910. The maximum atomic E-state index is 11.5. The van der Waals surface area contributed by atoms with E-state index in [1.165, 1.54) is 0 Å². The number of oxazole rings is 1. The molecule has 1 saturated heterocycles. The number of hydrogen-bond donors (Lipinski definition) is 1. The van der Waals surface area contributed by atoms with Crippen molar-refractivity contribution in [1.29, 1.82) is 0 Å². The lowest BCUT2D eigenvalue weighted by Crippen LogP contribution is -2.47.